The molecule has 0 aliphatic carbocycles. The van der Waals surface area contributed by atoms with Gasteiger partial charge in [0.15, 0.2) is 0 Å². The fourth-order valence-corrected chi connectivity index (χ4v) is 1.54. The van der Waals surface area contributed by atoms with Crippen LogP contribution in [0.15, 0.2) is 30.3 Å². The van der Waals surface area contributed by atoms with Crippen molar-refractivity contribution in [3.05, 3.63) is 35.9 Å². The summed E-state index contributed by atoms with van der Waals surface area (Å²) in [4.78, 5) is 0. The molecule has 1 N–H and O–H groups in total. The first-order chi connectivity index (χ1) is 7.55. The molecule has 0 radical (unpaired) electrons. The number of nitriles is 1. The van der Waals surface area contributed by atoms with Gasteiger partial charge in [0.05, 0.1) is 11.5 Å². The number of rotatable bonds is 5. The van der Waals surface area contributed by atoms with Gasteiger partial charge in [0.1, 0.15) is 0 Å². The van der Waals surface area contributed by atoms with E-state index >= 15 is 0 Å². The lowest BCUT2D eigenvalue weighted by molar-refractivity contribution is 0.437. The zero-order valence-electron chi connectivity index (χ0n) is 10.3. The molecule has 2 heteroatoms. The summed E-state index contributed by atoms with van der Waals surface area (Å²) in [5, 5.41) is 12.2. The molecule has 0 heterocycles. The quantitative estimate of drug-likeness (QED) is 0.821. The van der Waals surface area contributed by atoms with Crippen molar-refractivity contribution in [1.82, 2.24) is 5.32 Å². The molecule has 1 rings (SSSR count). The van der Waals surface area contributed by atoms with E-state index in [-0.39, 0.29) is 5.41 Å². The summed E-state index contributed by atoms with van der Waals surface area (Å²) >= 11 is 0. The summed E-state index contributed by atoms with van der Waals surface area (Å²) in [5.41, 5.74) is 1.06. The Morgan fingerprint density at radius 1 is 1.31 bits per heavy atom. The number of nitrogens with zero attached hydrogens (tertiary/aromatic N) is 1. The molecule has 1 unspecified atom stereocenters. The fourth-order valence-electron chi connectivity index (χ4n) is 1.54. The molecule has 1 aromatic rings. The number of hydrogen-bond acceptors (Lipinski definition) is 2. The van der Waals surface area contributed by atoms with Crippen molar-refractivity contribution in [2.45, 2.75) is 26.7 Å². The Morgan fingerprint density at radius 3 is 2.50 bits per heavy atom. The lowest BCUT2D eigenvalue weighted by Crippen LogP contribution is -2.30. The minimum absolute atomic E-state index is 0.281. The first-order valence-corrected chi connectivity index (χ1v) is 5.72. The van der Waals surface area contributed by atoms with Crippen LogP contribution in [0.5, 0.6) is 0 Å². The summed E-state index contributed by atoms with van der Waals surface area (Å²) in [7, 11) is 0. The molecule has 2 nitrogen and oxygen atoms in total. The zero-order valence-corrected chi connectivity index (χ0v) is 10.3. The first-order valence-electron chi connectivity index (χ1n) is 5.72. The Kier molecular flexibility index (Phi) is 4.52. The van der Waals surface area contributed by atoms with Gasteiger partial charge >= 0.3 is 0 Å². The van der Waals surface area contributed by atoms with Crippen LogP contribution in [0.25, 0.3) is 0 Å². The predicted octanol–water partition coefficient (Wildman–Crippen LogP) is 2.93. The summed E-state index contributed by atoms with van der Waals surface area (Å²) in [5.74, 6) is 0.482. The van der Waals surface area contributed by atoms with Crippen LogP contribution in [0, 0.1) is 16.7 Å². The van der Waals surface area contributed by atoms with E-state index in [9.17, 15) is 0 Å². The lowest BCUT2D eigenvalue weighted by Gasteiger charge is -2.18. The topological polar surface area (TPSA) is 35.8 Å². The Hall–Kier alpha value is -1.33. The van der Waals surface area contributed by atoms with E-state index < -0.39 is 0 Å². The third-order valence-corrected chi connectivity index (χ3v) is 2.69. The van der Waals surface area contributed by atoms with Crippen LogP contribution in [0.1, 0.15) is 32.3 Å². The molecule has 0 fully saturated rings. The van der Waals surface area contributed by atoms with E-state index in [2.05, 4.69) is 42.6 Å². The molecule has 16 heavy (non-hydrogen) atoms. The summed E-state index contributed by atoms with van der Waals surface area (Å²) in [6.07, 6.45) is 0. The second kappa shape index (κ2) is 5.67. The predicted molar refractivity (Wildman–Crippen MR) is 67.1 cm³/mol. The molecule has 0 saturated heterocycles. The standard InChI is InChI=1S/C14H20N2/c1-12(13-7-5-4-6-8-13)9-16-11-14(2,3)10-15/h4-8,12,16H,9,11H2,1-3H3. The highest BCUT2D eigenvalue weighted by Crippen LogP contribution is 2.15. The van der Waals surface area contributed by atoms with Gasteiger partial charge in [0.25, 0.3) is 0 Å². The largest absolute Gasteiger partial charge is 0.315 e. The molecule has 0 aromatic heterocycles. The minimum atomic E-state index is -0.281. The van der Waals surface area contributed by atoms with Crippen molar-refractivity contribution in [3.63, 3.8) is 0 Å². The van der Waals surface area contributed by atoms with Gasteiger partial charge in [-0.3, -0.25) is 0 Å². The molecule has 86 valence electrons. The van der Waals surface area contributed by atoms with Gasteiger partial charge in [0, 0.05) is 13.1 Å². The van der Waals surface area contributed by atoms with Crippen molar-refractivity contribution in [3.8, 4) is 6.07 Å². The molecular formula is C14H20N2. The van der Waals surface area contributed by atoms with E-state index in [4.69, 9.17) is 5.26 Å². The third-order valence-electron chi connectivity index (χ3n) is 2.69. The highest BCUT2D eigenvalue weighted by Gasteiger charge is 2.16. The molecular weight excluding hydrogens is 196 g/mol. The van der Waals surface area contributed by atoms with Crippen LogP contribution in [0.4, 0.5) is 0 Å². The van der Waals surface area contributed by atoms with Crippen molar-refractivity contribution in [1.29, 1.82) is 5.26 Å². The van der Waals surface area contributed by atoms with Gasteiger partial charge in [-0.15, -0.1) is 0 Å². The Labute approximate surface area is 98.3 Å². The fraction of sp³-hybridized carbons (Fsp3) is 0.500. The van der Waals surface area contributed by atoms with E-state index in [1.54, 1.807) is 0 Å². The van der Waals surface area contributed by atoms with Crippen LogP contribution in [-0.2, 0) is 0 Å². The highest BCUT2D eigenvalue weighted by atomic mass is 14.9. The summed E-state index contributed by atoms with van der Waals surface area (Å²) < 4.78 is 0. The van der Waals surface area contributed by atoms with E-state index in [0.717, 1.165) is 13.1 Å². The molecule has 0 amide bonds. The number of nitrogens with one attached hydrogen (secondary N) is 1. The average Bonchev–Trinajstić information content (AvgIpc) is 2.30. The van der Waals surface area contributed by atoms with Crippen LogP contribution < -0.4 is 5.32 Å². The van der Waals surface area contributed by atoms with Gasteiger partial charge in [0.2, 0.25) is 0 Å². The van der Waals surface area contributed by atoms with Crippen molar-refractivity contribution in [2.24, 2.45) is 5.41 Å². The maximum absolute atomic E-state index is 8.89. The number of hydrogen-bond donors (Lipinski definition) is 1. The van der Waals surface area contributed by atoms with Gasteiger partial charge in [-0.2, -0.15) is 5.26 Å². The second-order valence-electron chi connectivity index (χ2n) is 4.94. The van der Waals surface area contributed by atoms with E-state index in [1.807, 2.05) is 19.9 Å². The van der Waals surface area contributed by atoms with Gasteiger partial charge in [-0.1, -0.05) is 37.3 Å². The maximum atomic E-state index is 8.89. The smallest absolute Gasteiger partial charge is 0.0697 e. The van der Waals surface area contributed by atoms with Crippen LogP contribution in [-0.4, -0.2) is 13.1 Å². The zero-order chi connectivity index (χ0) is 12.0. The van der Waals surface area contributed by atoms with Crippen LogP contribution in [0.3, 0.4) is 0 Å². The maximum Gasteiger partial charge on any atom is 0.0697 e. The van der Waals surface area contributed by atoms with Gasteiger partial charge in [-0.05, 0) is 25.3 Å². The van der Waals surface area contributed by atoms with E-state index in [1.165, 1.54) is 5.56 Å². The minimum Gasteiger partial charge on any atom is -0.315 e. The van der Waals surface area contributed by atoms with Crippen LogP contribution in [0.2, 0.25) is 0 Å². The van der Waals surface area contributed by atoms with Gasteiger partial charge in [-0.25, -0.2) is 0 Å². The molecule has 0 aliphatic heterocycles. The Bertz CT molecular complexity index is 349. The Balaban J connectivity index is 2.38. The normalized spacial score (nSPS) is 13.1. The SMILES string of the molecule is CC(CNCC(C)(C)C#N)c1ccccc1. The molecule has 0 spiro atoms. The van der Waals surface area contributed by atoms with E-state index in [0.29, 0.717) is 5.92 Å². The summed E-state index contributed by atoms with van der Waals surface area (Å²) in [6.45, 7) is 7.75. The van der Waals surface area contributed by atoms with Gasteiger partial charge < -0.3 is 5.32 Å². The molecule has 0 saturated carbocycles. The Morgan fingerprint density at radius 2 is 1.94 bits per heavy atom. The van der Waals surface area contributed by atoms with Crippen LogP contribution >= 0.6 is 0 Å². The molecule has 1 aromatic carbocycles. The summed E-state index contributed by atoms with van der Waals surface area (Å²) in [6, 6.07) is 12.7. The number of benzene rings is 1. The molecule has 0 bridgehead atoms. The van der Waals surface area contributed by atoms with Crippen molar-refractivity contribution in [2.75, 3.05) is 13.1 Å². The second-order valence-corrected chi connectivity index (χ2v) is 4.94. The first kappa shape index (κ1) is 12.7. The monoisotopic (exact) mass is 216 g/mol. The molecule has 0 aliphatic rings. The van der Waals surface area contributed by atoms with Crippen molar-refractivity contribution < 1.29 is 0 Å². The van der Waals surface area contributed by atoms with Crippen molar-refractivity contribution >= 4 is 0 Å². The third kappa shape index (κ3) is 4.04. The average molecular weight is 216 g/mol. The lowest BCUT2D eigenvalue weighted by atomic mass is 9.95. The molecule has 1 atom stereocenters. The highest BCUT2D eigenvalue weighted by molar-refractivity contribution is 5.18.